The van der Waals surface area contributed by atoms with Crippen LogP contribution in [0.5, 0.6) is 5.75 Å². The molecule has 134 valence electrons. The van der Waals surface area contributed by atoms with Gasteiger partial charge in [-0.3, -0.25) is 4.79 Å². The number of carbonyl (C=O) groups is 2. The van der Waals surface area contributed by atoms with Crippen LogP contribution in [0.25, 0.3) is 0 Å². The topological polar surface area (TPSA) is 66.8 Å². The Morgan fingerprint density at radius 2 is 1.84 bits per heavy atom. The van der Waals surface area contributed by atoms with Crippen molar-refractivity contribution in [1.82, 2.24) is 4.90 Å². The Balaban J connectivity index is 1.66. The Hall–Kier alpha value is -2.30. The Morgan fingerprint density at radius 3 is 2.40 bits per heavy atom. The molecular formula is C20H25NO4. The van der Waals surface area contributed by atoms with Gasteiger partial charge in [0.05, 0.1) is 0 Å². The highest BCUT2D eigenvalue weighted by Crippen LogP contribution is 2.31. The summed E-state index contributed by atoms with van der Waals surface area (Å²) >= 11 is 0. The number of likely N-dealkylation sites (tertiary alicyclic amines) is 1. The van der Waals surface area contributed by atoms with E-state index in [4.69, 9.17) is 4.74 Å². The molecule has 3 rings (SSSR count). The zero-order chi connectivity index (χ0) is 17.9. The third kappa shape index (κ3) is 3.86. The summed E-state index contributed by atoms with van der Waals surface area (Å²) in [5.41, 5.74) is -0.155. The summed E-state index contributed by atoms with van der Waals surface area (Å²) < 4.78 is 5.88. The van der Waals surface area contributed by atoms with Crippen LogP contribution in [0.1, 0.15) is 37.7 Å². The molecule has 1 atom stereocenters. The van der Waals surface area contributed by atoms with Crippen molar-refractivity contribution in [3.63, 3.8) is 0 Å². The number of hydrogen-bond donors (Lipinski definition) is 1. The number of carboxylic acids is 1. The fourth-order valence-electron chi connectivity index (χ4n) is 3.56. The maximum Gasteiger partial charge on any atom is 0.348 e. The Kier molecular flexibility index (Phi) is 5.11. The monoisotopic (exact) mass is 343 g/mol. The van der Waals surface area contributed by atoms with Gasteiger partial charge in [0.2, 0.25) is 11.5 Å². The van der Waals surface area contributed by atoms with Crippen molar-refractivity contribution in [3.05, 3.63) is 42.0 Å². The number of aryl methyl sites for hydroxylation is 1. The highest BCUT2D eigenvalue weighted by molar-refractivity contribution is 5.81. The molecular weight excluding hydrogens is 318 g/mol. The molecule has 0 unspecified atom stereocenters. The summed E-state index contributed by atoms with van der Waals surface area (Å²) in [6, 6.07) is 7.40. The van der Waals surface area contributed by atoms with E-state index in [0.717, 1.165) is 24.8 Å². The molecule has 2 aliphatic rings. The fraction of sp³-hybridized carbons (Fsp3) is 0.500. The zero-order valence-corrected chi connectivity index (χ0v) is 14.6. The molecule has 1 N–H and O–H groups in total. The smallest absolute Gasteiger partial charge is 0.348 e. The number of benzene rings is 1. The van der Waals surface area contributed by atoms with E-state index in [9.17, 15) is 14.7 Å². The third-order valence-electron chi connectivity index (χ3n) is 5.23. The maximum absolute atomic E-state index is 12.6. The summed E-state index contributed by atoms with van der Waals surface area (Å²) in [6.45, 7) is 2.83. The first-order valence-corrected chi connectivity index (χ1v) is 8.93. The minimum atomic E-state index is -1.25. The van der Waals surface area contributed by atoms with Crippen LogP contribution >= 0.6 is 0 Å². The summed E-state index contributed by atoms with van der Waals surface area (Å²) in [7, 11) is 0. The second-order valence-corrected chi connectivity index (χ2v) is 7.02. The number of allylic oxidation sites excluding steroid dienone is 2. The van der Waals surface area contributed by atoms with Gasteiger partial charge in [-0.1, -0.05) is 29.8 Å². The van der Waals surface area contributed by atoms with Gasteiger partial charge in [0.25, 0.3) is 0 Å². The fourth-order valence-corrected chi connectivity index (χ4v) is 3.56. The minimum Gasteiger partial charge on any atom is -0.478 e. The van der Waals surface area contributed by atoms with Gasteiger partial charge >= 0.3 is 5.97 Å². The van der Waals surface area contributed by atoms with Crippen LogP contribution in [-0.4, -0.2) is 40.6 Å². The molecule has 5 heteroatoms. The van der Waals surface area contributed by atoms with Crippen molar-refractivity contribution >= 4 is 11.9 Å². The van der Waals surface area contributed by atoms with E-state index in [0.29, 0.717) is 31.7 Å². The lowest BCUT2D eigenvalue weighted by Gasteiger charge is -2.40. The molecule has 1 fully saturated rings. The van der Waals surface area contributed by atoms with E-state index in [2.05, 4.69) is 12.2 Å². The number of hydrogen-bond acceptors (Lipinski definition) is 3. The highest BCUT2D eigenvalue weighted by atomic mass is 16.5. The van der Waals surface area contributed by atoms with Crippen LogP contribution in [0.4, 0.5) is 0 Å². The Morgan fingerprint density at radius 1 is 1.16 bits per heavy atom. The highest BCUT2D eigenvalue weighted by Gasteiger charge is 2.45. The van der Waals surface area contributed by atoms with Gasteiger partial charge in [-0.2, -0.15) is 0 Å². The number of carbonyl (C=O) groups excluding carboxylic acids is 1. The van der Waals surface area contributed by atoms with E-state index in [1.165, 1.54) is 0 Å². The van der Waals surface area contributed by atoms with Gasteiger partial charge in [0.15, 0.2) is 0 Å². The average molecular weight is 343 g/mol. The Bertz CT molecular complexity index is 657. The lowest BCUT2D eigenvalue weighted by molar-refractivity contribution is -0.162. The number of ether oxygens (including phenoxy) is 1. The summed E-state index contributed by atoms with van der Waals surface area (Å²) in [5.74, 6) is -0.204. The molecule has 1 aliphatic carbocycles. The number of aliphatic carboxylic acids is 1. The first-order chi connectivity index (χ1) is 12.0. The van der Waals surface area contributed by atoms with Crippen LogP contribution in [0, 0.1) is 12.8 Å². The predicted octanol–water partition coefficient (Wildman–Crippen LogP) is 3.18. The molecule has 1 aliphatic heterocycles. The average Bonchev–Trinajstić information content (AvgIpc) is 2.64. The van der Waals surface area contributed by atoms with Crippen LogP contribution < -0.4 is 4.74 Å². The lowest BCUT2D eigenvalue weighted by atomic mass is 9.88. The molecule has 1 heterocycles. The summed E-state index contributed by atoms with van der Waals surface area (Å²) in [5, 5.41) is 9.74. The van der Waals surface area contributed by atoms with E-state index < -0.39 is 11.6 Å². The Labute approximate surface area is 148 Å². The molecule has 0 bridgehead atoms. The van der Waals surface area contributed by atoms with Crippen molar-refractivity contribution in [2.45, 2.75) is 44.6 Å². The van der Waals surface area contributed by atoms with E-state index >= 15 is 0 Å². The number of nitrogens with zero attached hydrogens (tertiary/aromatic N) is 1. The second kappa shape index (κ2) is 7.30. The number of rotatable bonds is 4. The SMILES string of the molecule is Cc1ccc(OC2(C(=O)O)CCN(C(=O)[C@H]3CC=CCC3)CC2)cc1. The van der Waals surface area contributed by atoms with Gasteiger partial charge in [-0.25, -0.2) is 4.79 Å². The standard InChI is InChI=1S/C20H25NO4/c1-15-7-9-17(10-8-15)25-20(19(23)24)11-13-21(14-12-20)18(22)16-5-3-2-4-6-16/h2-3,7-10,16H,4-6,11-14H2,1H3,(H,23,24)/t16-/m0/s1. The molecule has 1 saturated heterocycles. The number of amides is 1. The molecule has 0 saturated carbocycles. The second-order valence-electron chi connectivity index (χ2n) is 7.02. The van der Waals surface area contributed by atoms with Crippen molar-refractivity contribution in [2.75, 3.05) is 13.1 Å². The third-order valence-corrected chi connectivity index (χ3v) is 5.23. The van der Waals surface area contributed by atoms with E-state index in [1.807, 2.05) is 24.0 Å². The van der Waals surface area contributed by atoms with Gasteiger partial charge in [-0.15, -0.1) is 0 Å². The zero-order valence-electron chi connectivity index (χ0n) is 14.6. The number of piperidine rings is 1. The van der Waals surface area contributed by atoms with Crippen molar-refractivity contribution in [3.8, 4) is 5.75 Å². The molecule has 1 aromatic carbocycles. The predicted molar refractivity (Wildman–Crippen MR) is 94.5 cm³/mol. The largest absolute Gasteiger partial charge is 0.478 e. The van der Waals surface area contributed by atoms with Crippen molar-refractivity contribution in [2.24, 2.45) is 5.92 Å². The van der Waals surface area contributed by atoms with Gasteiger partial charge < -0.3 is 14.7 Å². The molecule has 25 heavy (non-hydrogen) atoms. The summed E-state index contributed by atoms with van der Waals surface area (Å²) in [6.07, 6.45) is 7.42. The minimum absolute atomic E-state index is 0.0420. The normalized spacial score (nSPS) is 22.4. The number of carboxylic acid groups (broad SMARTS) is 1. The van der Waals surface area contributed by atoms with Gasteiger partial charge in [0.1, 0.15) is 5.75 Å². The van der Waals surface area contributed by atoms with E-state index in [-0.39, 0.29) is 11.8 Å². The molecule has 1 aromatic rings. The first kappa shape index (κ1) is 17.5. The van der Waals surface area contributed by atoms with Crippen LogP contribution in [0.3, 0.4) is 0 Å². The van der Waals surface area contributed by atoms with Crippen molar-refractivity contribution < 1.29 is 19.4 Å². The molecule has 0 radical (unpaired) electrons. The van der Waals surface area contributed by atoms with Crippen LogP contribution in [-0.2, 0) is 9.59 Å². The maximum atomic E-state index is 12.6. The van der Waals surface area contributed by atoms with Gasteiger partial charge in [0, 0.05) is 31.8 Å². The van der Waals surface area contributed by atoms with Crippen LogP contribution in [0.2, 0.25) is 0 Å². The van der Waals surface area contributed by atoms with Crippen molar-refractivity contribution in [1.29, 1.82) is 0 Å². The molecule has 5 nitrogen and oxygen atoms in total. The molecule has 1 amide bonds. The van der Waals surface area contributed by atoms with Crippen LogP contribution in [0.15, 0.2) is 36.4 Å². The first-order valence-electron chi connectivity index (χ1n) is 8.93. The van der Waals surface area contributed by atoms with Gasteiger partial charge in [-0.05, 0) is 38.3 Å². The van der Waals surface area contributed by atoms with E-state index in [1.54, 1.807) is 12.1 Å². The lowest BCUT2D eigenvalue weighted by Crippen LogP contribution is -2.55. The molecule has 0 aromatic heterocycles. The quantitative estimate of drug-likeness (QED) is 0.853. The molecule has 0 spiro atoms. The summed E-state index contributed by atoms with van der Waals surface area (Å²) in [4.78, 5) is 26.3.